The highest BCUT2D eigenvalue weighted by Crippen LogP contribution is 2.21. The highest BCUT2D eigenvalue weighted by Gasteiger charge is 2.09. The van der Waals surface area contributed by atoms with Gasteiger partial charge in [0.2, 0.25) is 0 Å². The number of rotatable bonds is 5. The van der Waals surface area contributed by atoms with E-state index < -0.39 is 0 Å². The van der Waals surface area contributed by atoms with Crippen LogP contribution in [-0.4, -0.2) is 7.11 Å². The van der Waals surface area contributed by atoms with Crippen molar-refractivity contribution in [3.8, 4) is 11.8 Å². The Morgan fingerprint density at radius 2 is 1.95 bits per heavy atom. The number of nitriles is 1. The number of methoxy groups -OCH3 is 1. The van der Waals surface area contributed by atoms with Gasteiger partial charge in [-0.1, -0.05) is 18.2 Å². The first-order chi connectivity index (χ1) is 10.1. The lowest BCUT2D eigenvalue weighted by atomic mass is 10.1. The molecule has 1 atom stereocenters. The summed E-state index contributed by atoms with van der Waals surface area (Å²) < 4.78 is 18.6. The zero-order valence-corrected chi connectivity index (χ0v) is 12.1. The summed E-state index contributed by atoms with van der Waals surface area (Å²) in [5.41, 5.74) is 2.58. The largest absolute Gasteiger partial charge is 0.494 e. The second-order valence-corrected chi connectivity index (χ2v) is 4.81. The van der Waals surface area contributed by atoms with Crippen molar-refractivity contribution >= 4 is 0 Å². The average Bonchev–Trinajstić information content (AvgIpc) is 2.53. The number of nitrogens with one attached hydrogen (secondary N) is 1. The van der Waals surface area contributed by atoms with E-state index in [1.165, 1.54) is 13.2 Å². The molecule has 0 unspecified atom stereocenters. The molecule has 108 valence electrons. The number of hydrogen-bond donors (Lipinski definition) is 1. The monoisotopic (exact) mass is 284 g/mol. The van der Waals surface area contributed by atoms with Crippen LogP contribution in [0.5, 0.6) is 5.75 Å². The molecule has 4 heteroatoms. The molecule has 0 aliphatic rings. The third kappa shape index (κ3) is 3.80. The Hall–Kier alpha value is -2.38. The maximum absolute atomic E-state index is 13.7. The lowest BCUT2D eigenvalue weighted by Crippen LogP contribution is -2.18. The smallest absolute Gasteiger partial charge is 0.165 e. The molecule has 2 rings (SSSR count). The fourth-order valence-corrected chi connectivity index (χ4v) is 2.04. The minimum atomic E-state index is -0.359. The molecule has 0 saturated carbocycles. The molecular weight excluding hydrogens is 267 g/mol. The van der Waals surface area contributed by atoms with Gasteiger partial charge >= 0.3 is 0 Å². The van der Waals surface area contributed by atoms with E-state index in [0.29, 0.717) is 12.1 Å². The van der Waals surface area contributed by atoms with Gasteiger partial charge in [0, 0.05) is 12.6 Å². The normalized spacial score (nSPS) is 11.7. The van der Waals surface area contributed by atoms with Gasteiger partial charge < -0.3 is 10.1 Å². The number of halogens is 1. The molecule has 1 N–H and O–H groups in total. The minimum Gasteiger partial charge on any atom is -0.494 e. The molecule has 0 saturated heterocycles. The van der Waals surface area contributed by atoms with Crippen LogP contribution >= 0.6 is 0 Å². The van der Waals surface area contributed by atoms with Crippen LogP contribution in [-0.2, 0) is 6.54 Å². The Bertz CT molecular complexity index is 647. The zero-order valence-electron chi connectivity index (χ0n) is 12.1. The van der Waals surface area contributed by atoms with E-state index in [1.807, 2.05) is 25.1 Å². The number of ether oxygens (including phenoxy) is 1. The van der Waals surface area contributed by atoms with Gasteiger partial charge in [-0.2, -0.15) is 5.26 Å². The molecule has 2 aromatic carbocycles. The molecule has 21 heavy (non-hydrogen) atoms. The summed E-state index contributed by atoms with van der Waals surface area (Å²) in [6, 6.07) is 14.5. The number of nitrogens with zero attached hydrogens (tertiary/aromatic N) is 1. The van der Waals surface area contributed by atoms with Crippen LogP contribution in [0.3, 0.4) is 0 Å². The molecule has 0 heterocycles. The van der Waals surface area contributed by atoms with E-state index in [9.17, 15) is 4.39 Å². The van der Waals surface area contributed by atoms with Gasteiger partial charge in [-0.3, -0.25) is 0 Å². The Morgan fingerprint density at radius 3 is 2.52 bits per heavy atom. The van der Waals surface area contributed by atoms with Crippen LogP contribution in [0.25, 0.3) is 0 Å². The van der Waals surface area contributed by atoms with Crippen LogP contribution < -0.4 is 10.1 Å². The van der Waals surface area contributed by atoms with Crippen molar-refractivity contribution in [2.75, 3.05) is 7.11 Å². The van der Waals surface area contributed by atoms with Crippen molar-refractivity contribution in [2.45, 2.75) is 19.5 Å². The van der Waals surface area contributed by atoms with Gasteiger partial charge in [0.25, 0.3) is 0 Å². The summed E-state index contributed by atoms with van der Waals surface area (Å²) in [6.07, 6.45) is 0. The molecule has 0 fully saturated rings. The van der Waals surface area contributed by atoms with Crippen LogP contribution in [0.4, 0.5) is 4.39 Å². The van der Waals surface area contributed by atoms with E-state index in [1.54, 1.807) is 18.2 Å². The second-order valence-electron chi connectivity index (χ2n) is 4.81. The molecule has 0 aromatic heterocycles. The van der Waals surface area contributed by atoms with Crippen molar-refractivity contribution in [3.05, 3.63) is 65.0 Å². The predicted molar refractivity (Wildman–Crippen MR) is 79.4 cm³/mol. The molecule has 2 aromatic rings. The van der Waals surface area contributed by atoms with E-state index >= 15 is 0 Å². The molecule has 3 nitrogen and oxygen atoms in total. The first-order valence-corrected chi connectivity index (χ1v) is 6.70. The summed E-state index contributed by atoms with van der Waals surface area (Å²) >= 11 is 0. The van der Waals surface area contributed by atoms with Crippen LogP contribution in [0.2, 0.25) is 0 Å². The van der Waals surface area contributed by atoms with Crippen molar-refractivity contribution in [3.63, 3.8) is 0 Å². The molecule has 0 radical (unpaired) electrons. The lowest BCUT2D eigenvalue weighted by molar-refractivity contribution is 0.385. The van der Waals surface area contributed by atoms with Gasteiger partial charge in [-0.25, -0.2) is 4.39 Å². The first kappa shape index (κ1) is 15.0. The maximum atomic E-state index is 13.7. The average molecular weight is 284 g/mol. The van der Waals surface area contributed by atoms with Crippen LogP contribution in [0.15, 0.2) is 42.5 Å². The Balaban J connectivity index is 1.99. The van der Waals surface area contributed by atoms with Crippen molar-refractivity contribution in [2.24, 2.45) is 0 Å². The Labute approximate surface area is 124 Å². The summed E-state index contributed by atoms with van der Waals surface area (Å²) in [7, 11) is 1.45. The standard InChI is InChI=1S/C17H17FN2O/c1-12(15-7-8-17(21-2)16(18)9-15)20-11-14-5-3-13(10-19)4-6-14/h3-9,12,20H,11H2,1-2H3/t12-/m1/s1. The molecule has 0 aliphatic heterocycles. The van der Waals surface area contributed by atoms with Crippen molar-refractivity contribution < 1.29 is 9.13 Å². The summed E-state index contributed by atoms with van der Waals surface area (Å²) in [6.45, 7) is 2.63. The van der Waals surface area contributed by atoms with Crippen molar-refractivity contribution in [1.82, 2.24) is 5.32 Å². The van der Waals surface area contributed by atoms with Gasteiger partial charge in [0.15, 0.2) is 11.6 Å². The quantitative estimate of drug-likeness (QED) is 0.913. The summed E-state index contributed by atoms with van der Waals surface area (Å²) in [5.74, 6) is -0.111. The molecular formula is C17H17FN2O. The highest BCUT2D eigenvalue weighted by molar-refractivity contribution is 5.32. The van der Waals surface area contributed by atoms with E-state index in [0.717, 1.165) is 11.1 Å². The number of hydrogen-bond acceptors (Lipinski definition) is 3. The van der Waals surface area contributed by atoms with Crippen LogP contribution in [0.1, 0.15) is 29.7 Å². The van der Waals surface area contributed by atoms with E-state index in [-0.39, 0.29) is 17.6 Å². The maximum Gasteiger partial charge on any atom is 0.165 e. The third-order valence-corrected chi connectivity index (χ3v) is 3.37. The molecule has 0 spiro atoms. The van der Waals surface area contributed by atoms with Gasteiger partial charge in [0.05, 0.1) is 18.7 Å². The third-order valence-electron chi connectivity index (χ3n) is 3.37. The van der Waals surface area contributed by atoms with Gasteiger partial charge in [-0.15, -0.1) is 0 Å². The molecule has 0 bridgehead atoms. The fraction of sp³-hybridized carbons (Fsp3) is 0.235. The zero-order chi connectivity index (χ0) is 15.2. The number of benzene rings is 2. The first-order valence-electron chi connectivity index (χ1n) is 6.70. The Kier molecular flexibility index (Phi) is 4.91. The van der Waals surface area contributed by atoms with E-state index in [4.69, 9.17) is 10.00 Å². The van der Waals surface area contributed by atoms with E-state index in [2.05, 4.69) is 11.4 Å². The lowest BCUT2D eigenvalue weighted by Gasteiger charge is -2.15. The minimum absolute atomic E-state index is 0.0149. The van der Waals surface area contributed by atoms with Gasteiger partial charge in [0.1, 0.15) is 0 Å². The molecule has 0 aliphatic carbocycles. The van der Waals surface area contributed by atoms with Crippen LogP contribution in [0, 0.1) is 17.1 Å². The topological polar surface area (TPSA) is 45.0 Å². The fourth-order valence-electron chi connectivity index (χ4n) is 2.04. The Morgan fingerprint density at radius 1 is 1.24 bits per heavy atom. The molecule has 0 amide bonds. The SMILES string of the molecule is COc1ccc([C@@H](C)NCc2ccc(C#N)cc2)cc1F. The second kappa shape index (κ2) is 6.87. The highest BCUT2D eigenvalue weighted by atomic mass is 19.1. The predicted octanol–water partition coefficient (Wildman–Crippen LogP) is 3.56. The summed E-state index contributed by atoms with van der Waals surface area (Å²) in [5, 5.41) is 12.1. The van der Waals surface area contributed by atoms with Gasteiger partial charge in [-0.05, 0) is 42.3 Å². The van der Waals surface area contributed by atoms with Crippen molar-refractivity contribution in [1.29, 1.82) is 5.26 Å². The summed E-state index contributed by atoms with van der Waals surface area (Å²) in [4.78, 5) is 0.